The molecule has 0 aliphatic carbocycles. The first kappa shape index (κ1) is 22.3. The van der Waals surface area contributed by atoms with Crippen LogP contribution in [-0.2, 0) is 22.5 Å². The Hall–Kier alpha value is -2.86. The van der Waals surface area contributed by atoms with E-state index in [1.807, 2.05) is 11.9 Å². The lowest BCUT2D eigenvalue weighted by Crippen LogP contribution is -2.48. The second-order valence-corrected chi connectivity index (χ2v) is 8.57. The third-order valence-electron chi connectivity index (χ3n) is 6.45. The van der Waals surface area contributed by atoms with Crippen molar-refractivity contribution in [3.05, 3.63) is 70.8 Å². The van der Waals surface area contributed by atoms with Crippen molar-refractivity contribution < 1.29 is 9.53 Å². The van der Waals surface area contributed by atoms with Crippen LogP contribution < -0.4 is 5.32 Å². The normalized spacial score (nSPS) is 18.9. The van der Waals surface area contributed by atoms with Gasteiger partial charge in [0.15, 0.2) is 5.96 Å². The number of ether oxygens (including phenoxy) is 1. The number of nitrogens with zero attached hydrogens (tertiary/aromatic N) is 3. The van der Waals surface area contributed by atoms with Crippen molar-refractivity contribution in [2.24, 2.45) is 4.99 Å². The van der Waals surface area contributed by atoms with Crippen LogP contribution in [0.5, 0.6) is 0 Å². The van der Waals surface area contributed by atoms with Gasteiger partial charge in [0.2, 0.25) is 5.91 Å². The van der Waals surface area contributed by atoms with Gasteiger partial charge in [0.05, 0.1) is 13.2 Å². The summed E-state index contributed by atoms with van der Waals surface area (Å²) in [6, 6.07) is 16.8. The number of hydrogen-bond acceptors (Lipinski definition) is 3. The standard InChI is InChI=1S/C26H34N4O2/c1-20-8-3-6-11-23(20)24-19-30(16-17-32-24)26(27-2)28-14-7-12-25(31)29-15-13-21-9-4-5-10-22(21)18-29/h3-6,8-11,24H,7,12-19H2,1-2H3,(H,27,28). The minimum absolute atomic E-state index is 0.0482. The quantitative estimate of drug-likeness (QED) is 0.446. The van der Waals surface area contributed by atoms with Crippen LogP contribution in [0.15, 0.2) is 53.5 Å². The topological polar surface area (TPSA) is 57.2 Å². The number of carbonyl (C=O) groups is 1. The van der Waals surface area contributed by atoms with Crippen LogP contribution in [0.2, 0.25) is 0 Å². The number of amides is 1. The van der Waals surface area contributed by atoms with Crippen molar-refractivity contribution >= 4 is 11.9 Å². The number of guanidine groups is 1. The molecule has 2 aliphatic heterocycles. The molecule has 2 aromatic rings. The monoisotopic (exact) mass is 434 g/mol. The summed E-state index contributed by atoms with van der Waals surface area (Å²) < 4.78 is 6.04. The third kappa shape index (κ3) is 5.30. The predicted octanol–water partition coefficient (Wildman–Crippen LogP) is 3.31. The average Bonchev–Trinajstić information content (AvgIpc) is 2.84. The first-order valence-electron chi connectivity index (χ1n) is 11.6. The van der Waals surface area contributed by atoms with E-state index in [-0.39, 0.29) is 12.0 Å². The number of carbonyl (C=O) groups excluding carboxylic acids is 1. The van der Waals surface area contributed by atoms with Gasteiger partial charge in [0.25, 0.3) is 0 Å². The van der Waals surface area contributed by atoms with Gasteiger partial charge in [-0.15, -0.1) is 0 Å². The fourth-order valence-electron chi connectivity index (χ4n) is 4.62. The van der Waals surface area contributed by atoms with Gasteiger partial charge in [-0.25, -0.2) is 0 Å². The van der Waals surface area contributed by atoms with Gasteiger partial charge in [-0.3, -0.25) is 9.79 Å². The molecule has 2 heterocycles. The SMILES string of the molecule is CN=C(NCCCC(=O)N1CCc2ccccc2C1)N1CCOC(c2ccccc2C)C1. The van der Waals surface area contributed by atoms with Gasteiger partial charge in [0.1, 0.15) is 6.10 Å². The number of hydrogen-bond donors (Lipinski definition) is 1. The molecular formula is C26H34N4O2. The minimum Gasteiger partial charge on any atom is -0.370 e. The van der Waals surface area contributed by atoms with Crippen LogP contribution in [0.4, 0.5) is 0 Å². The smallest absolute Gasteiger partial charge is 0.222 e. The Balaban J connectivity index is 1.23. The van der Waals surface area contributed by atoms with Crippen LogP contribution in [0.3, 0.4) is 0 Å². The summed E-state index contributed by atoms with van der Waals surface area (Å²) in [6.45, 7) is 6.68. The Kier molecular flexibility index (Phi) is 7.43. The van der Waals surface area contributed by atoms with Crippen LogP contribution in [0.25, 0.3) is 0 Å². The Morgan fingerprint density at radius 3 is 2.69 bits per heavy atom. The van der Waals surface area contributed by atoms with Crippen molar-refractivity contribution in [1.82, 2.24) is 15.1 Å². The Morgan fingerprint density at radius 2 is 1.88 bits per heavy atom. The van der Waals surface area contributed by atoms with Gasteiger partial charge in [-0.1, -0.05) is 48.5 Å². The highest BCUT2D eigenvalue weighted by Gasteiger charge is 2.25. The van der Waals surface area contributed by atoms with E-state index in [1.165, 1.54) is 22.3 Å². The summed E-state index contributed by atoms with van der Waals surface area (Å²) in [5.41, 5.74) is 5.14. The molecule has 0 bridgehead atoms. The average molecular weight is 435 g/mol. The summed E-state index contributed by atoms with van der Waals surface area (Å²) in [5.74, 6) is 1.12. The van der Waals surface area contributed by atoms with Gasteiger partial charge in [0, 0.05) is 39.6 Å². The summed E-state index contributed by atoms with van der Waals surface area (Å²) in [6.07, 6.45) is 2.35. The van der Waals surface area contributed by atoms with E-state index < -0.39 is 0 Å². The zero-order chi connectivity index (χ0) is 22.3. The molecule has 0 saturated carbocycles. The first-order valence-corrected chi connectivity index (χ1v) is 11.6. The minimum atomic E-state index is 0.0482. The van der Waals surface area contributed by atoms with Crippen LogP contribution in [0, 0.1) is 6.92 Å². The molecule has 1 unspecified atom stereocenters. The molecule has 2 aromatic carbocycles. The number of rotatable bonds is 5. The highest BCUT2D eigenvalue weighted by Crippen LogP contribution is 2.25. The zero-order valence-electron chi connectivity index (χ0n) is 19.2. The Labute approximate surface area is 191 Å². The molecule has 1 atom stereocenters. The highest BCUT2D eigenvalue weighted by molar-refractivity contribution is 5.80. The molecule has 1 saturated heterocycles. The summed E-state index contributed by atoms with van der Waals surface area (Å²) in [7, 11) is 1.82. The molecule has 1 fully saturated rings. The van der Waals surface area contributed by atoms with Crippen LogP contribution in [-0.4, -0.2) is 61.5 Å². The van der Waals surface area contributed by atoms with E-state index in [0.29, 0.717) is 13.0 Å². The van der Waals surface area contributed by atoms with Crippen molar-refractivity contribution in [3.8, 4) is 0 Å². The number of fused-ring (bicyclic) bond motifs is 1. The third-order valence-corrected chi connectivity index (χ3v) is 6.45. The van der Waals surface area contributed by atoms with E-state index in [9.17, 15) is 4.79 Å². The molecule has 6 heteroatoms. The van der Waals surface area contributed by atoms with Crippen LogP contribution in [0.1, 0.15) is 41.2 Å². The summed E-state index contributed by atoms with van der Waals surface area (Å²) in [4.78, 5) is 21.4. The molecule has 0 radical (unpaired) electrons. The van der Waals surface area contributed by atoms with E-state index in [4.69, 9.17) is 4.74 Å². The van der Waals surface area contributed by atoms with E-state index in [1.54, 1.807) is 0 Å². The molecule has 4 rings (SSSR count). The lowest BCUT2D eigenvalue weighted by Gasteiger charge is -2.35. The van der Waals surface area contributed by atoms with E-state index in [0.717, 1.165) is 51.5 Å². The van der Waals surface area contributed by atoms with Crippen molar-refractivity contribution in [1.29, 1.82) is 0 Å². The van der Waals surface area contributed by atoms with Crippen molar-refractivity contribution in [2.45, 2.75) is 38.8 Å². The maximum Gasteiger partial charge on any atom is 0.222 e. The van der Waals surface area contributed by atoms with Gasteiger partial charge >= 0.3 is 0 Å². The second kappa shape index (κ2) is 10.6. The number of aryl methyl sites for hydroxylation is 1. The summed E-state index contributed by atoms with van der Waals surface area (Å²) >= 11 is 0. The highest BCUT2D eigenvalue weighted by atomic mass is 16.5. The van der Waals surface area contributed by atoms with Gasteiger partial charge < -0.3 is 19.9 Å². The molecule has 32 heavy (non-hydrogen) atoms. The first-order chi connectivity index (χ1) is 15.7. The van der Waals surface area contributed by atoms with Crippen molar-refractivity contribution in [3.63, 3.8) is 0 Å². The number of benzene rings is 2. The van der Waals surface area contributed by atoms with E-state index >= 15 is 0 Å². The molecule has 2 aliphatic rings. The molecular weight excluding hydrogens is 400 g/mol. The number of nitrogens with one attached hydrogen (secondary N) is 1. The lowest BCUT2D eigenvalue weighted by molar-refractivity contribution is -0.132. The van der Waals surface area contributed by atoms with Crippen molar-refractivity contribution in [2.75, 3.05) is 39.8 Å². The molecule has 1 N–H and O–H groups in total. The molecule has 170 valence electrons. The number of aliphatic imine (C=N–C) groups is 1. The fourth-order valence-corrected chi connectivity index (χ4v) is 4.62. The van der Waals surface area contributed by atoms with E-state index in [2.05, 4.69) is 70.7 Å². The number of morpholine rings is 1. The maximum atomic E-state index is 12.7. The van der Waals surface area contributed by atoms with Gasteiger partial charge in [-0.2, -0.15) is 0 Å². The van der Waals surface area contributed by atoms with Crippen LogP contribution >= 0.6 is 0 Å². The molecule has 1 amide bonds. The Morgan fingerprint density at radius 1 is 1.09 bits per heavy atom. The predicted molar refractivity (Wildman–Crippen MR) is 128 cm³/mol. The zero-order valence-corrected chi connectivity index (χ0v) is 19.2. The maximum absolute atomic E-state index is 12.7. The summed E-state index contributed by atoms with van der Waals surface area (Å²) in [5, 5.41) is 3.45. The second-order valence-electron chi connectivity index (χ2n) is 8.57. The molecule has 0 aromatic heterocycles. The van der Waals surface area contributed by atoms with Gasteiger partial charge in [-0.05, 0) is 42.0 Å². The fraction of sp³-hybridized carbons (Fsp3) is 0.462. The molecule has 6 nitrogen and oxygen atoms in total. The lowest BCUT2D eigenvalue weighted by atomic mass is 9.99. The molecule has 0 spiro atoms. The Bertz CT molecular complexity index is 958. The largest absolute Gasteiger partial charge is 0.370 e.